The molecule has 3 aromatic rings. The van der Waals surface area contributed by atoms with Crippen molar-refractivity contribution in [2.75, 3.05) is 6.61 Å². The maximum absolute atomic E-state index is 12.9. The van der Waals surface area contributed by atoms with E-state index in [0.29, 0.717) is 21.4 Å². The van der Waals surface area contributed by atoms with Crippen LogP contribution in [0.4, 0.5) is 0 Å². The Hall–Kier alpha value is -2.54. The summed E-state index contributed by atoms with van der Waals surface area (Å²) in [4.78, 5) is 24.7. The molecule has 0 amide bonds. The number of benzene rings is 1. The van der Waals surface area contributed by atoms with Gasteiger partial charge in [0, 0.05) is 0 Å². The van der Waals surface area contributed by atoms with Crippen molar-refractivity contribution in [3.8, 4) is 17.3 Å². The van der Waals surface area contributed by atoms with E-state index in [1.165, 1.54) is 6.92 Å². The van der Waals surface area contributed by atoms with Gasteiger partial charge >= 0.3 is 5.97 Å². The van der Waals surface area contributed by atoms with Crippen molar-refractivity contribution in [3.63, 3.8) is 0 Å². The predicted molar refractivity (Wildman–Crippen MR) is 94.6 cm³/mol. The van der Waals surface area contributed by atoms with Crippen molar-refractivity contribution in [2.24, 2.45) is 0 Å². The number of para-hydroxylation sites is 1. The van der Waals surface area contributed by atoms with Gasteiger partial charge in [-0.25, -0.2) is 4.79 Å². The number of carbonyl (C=O) groups excluding carboxylic acids is 1. The van der Waals surface area contributed by atoms with Crippen LogP contribution in [-0.2, 0) is 9.53 Å². The van der Waals surface area contributed by atoms with Gasteiger partial charge in [0.1, 0.15) is 5.58 Å². The quantitative estimate of drug-likeness (QED) is 0.592. The van der Waals surface area contributed by atoms with E-state index in [1.54, 1.807) is 43.3 Å². The maximum Gasteiger partial charge on any atom is 0.347 e. The maximum atomic E-state index is 12.9. The number of ether oxygens (including phenoxy) is 2. The number of fused-ring (bicyclic) bond motifs is 1. The van der Waals surface area contributed by atoms with Crippen LogP contribution in [0.15, 0.2) is 54.7 Å². The zero-order chi connectivity index (χ0) is 18.0. The Labute approximate surface area is 151 Å². The highest BCUT2D eigenvalue weighted by atomic mass is 79.9. The highest BCUT2D eigenvalue weighted by Crippen LogP contribution is 2.33. The van der Waals surface area contributed by atoms with Crippen molar-refractivity contribution in [1.82, 2.24) is 0 Å². The molecule has 1 aromatic carbocycles. The van der Waals surface area contributed by atoms with Crippen molar-refractivity contribution in [2.45, 2.75) is 20.0 Å². The lowest BCUT2D eigenvalue weighted by Crippen LogP contribution is -2.28. The van der Waals surface area contributed by atoms with E-state index in [2.05, 4.69) is 15.9 Å². The topological polar surface area (TPSA) is 78.9 Å². The SMILES string of the molecule is CCOC(=O)[C@@H](C)Oc1c(-c2ccc(Br)o2)oc2ccccc2c1=O. The fourth-order valence-electron chi connectivity index (χ4n) is 2.32. The molecule has 25 heavy (non-hydrogen) atoms. The summed E-state index contributed by atoms with van der Waals surface area (Å²) >= 11 is 3.22. The molecule has 0 spiro atoms. The lowest BCUT2D eigenvalue weighted by molar-refractivity contribution is -0.150. The summed E-state index contributed by atoms with van der Waals surface area (Å²) in [6, 6.07) is 10.1. The molecule has 0 saturated carbocycles. The van der Waals surface area contributed by atoms with Crippen molar-refractivity contribution in [1.29, 1.82) is 0 Å². The number of rotatable bonds is 5. The number of halogens is 1. The van der Waals surface area contributed by atoms with Crippen molar-refractivity contribution in [3.05, 3.63) is 51.3 Å². The molecule has 130 valence electrons. The Morgan fingerprint density at radius 2 is 1.96 bits per heavy atom. The summed E-state index contributed by atoms with van der Waals surface area (Å²) in [5.41, 5.74) is 0.00619. The van der Waals surface area contributed by atoms with Gasteiger partial charge in [-0.15, -0.1) is 0 Å². The fraction of sp³-hybridized carbons (Fsp3) is 0.222. The lowest BCUT2D eigenvalue weighted by atomic mass is 10.2. The zero-order valence-electron chi connectivity index (χ0n) is 13.6. The van der Waals surface area contributed by atoms with Crippen LogP contribution in [0, 0.1) is 0 Å². The van der Waals surface area contributed by atoms with Crippen LogP contribution in [-0.4, -0.2) is 18.7 Å². The molecule has 0 bridgehead atoms. The third kappa shape index (κ3) is 3.46. The molecular weight excluding hydrogens is 392 g/mol. The summed E-state index contributed by atoms with van der Waals surface area (Å²) in [5.74, 6) is -0.242. The Morgan fingerprint density at radius 3 is 2.64 bits per heavy atom. The monoisotopic (exact) mass is 406 g/mol. The molecule has 0 fully saturated rings. The molecule has 0 aliphatic carbocycles. The number of hydrogen-bond donors (Lipinski definition) is 0. The second kappa shape index (κ2) is 7.14. The van der Waals surface area contributed by atoms with E-state index in [-0.39, 0.29) is 23.5 Å². The first-order chi connectivity index (χ1) is 12.0. The average Bonchev–Trinajstić information content (AvgIpc) is 3.03. The summed E-state index contributed by atoms with van der Waals surface area (Å²) in [6.45, 7) is 3.42. The second-order valence-electron chi connectivity index (χ2n) is 5.20. The molecule has 3 rings (SSSR count). The number of furan rings is 1. The molecule has 6 nitrogen and oxygen atoms in total. The summed E-state index contributed by atoms with van der Waals surface area (Å²) in [5, 5.41) is 0.350. The van der Waals surface area contributed by atoms with Gasteiger partial charge in [0.05, 0.1) is 12.0 Å². The van der Waals surface area contributed by atoms with Crippen molar-refractivity contribution < 1.29 is 23.1 Å². The van der Waals surface area contributed by atoms with Gasteiger partial charge in [0.25, 0.3) is 0 Å². The van der Waals surface area contributed by atoms with Crippen LogP contribution in [0.25, 0.3) is 22.5 Å². The number of carbonyl (C=O) groups is 1. The minimum atomic E-state index is -0.971. The second-order valence-corrected chi connectivity index (χ2v) is 5.98. The summed E-state index contributed by atoms with van der Waals surface area (Å²) in [6.07, 6.45) is -0.971. The van der Waals surface area contributed by atoms with Gasteiger partial charge in [0.15, 0.2) is 16.5 Å². The zero-order valence-corrected chi connectivity index (χ0v) is 15.2. The third-order valence-corrected chi connectivity index (χ3v) is 3.89. The van der Waals surface area contributed by atoms with Crippen molar-refractivity contribution >= 4 is 32.9 Å². The van der Waals surface area contributed by atoms with E-state index in [0.717, 1.165) is 0 Å². The van der Waals surface area contributed by atoms with Gasteiger partial charge in [-0.05, 0) is 54.0 Å². The molecule has 0 aliphatic heterocycles. The van der Waals surface area contributed by atoms with E-state index in [1.807, 2.05) is 0 Å². The standard InChI is InChI=1S/C18H15BrO6/c1-3-22-18(21)10(2)23-17-15(20)11-6-4-5-7-12(11)25-16(17)13-8-9-14(19)24-13/h4-10H,3H2,1-2H3/t10-/m1/s1. The van der Waals surface area contributed by atoms with E-state index < -0.39 is 12.1 Å². The van der Waals surface area contributed by atoms with Crippen LogP contribution >= 0.6 is 15.9 Å². The van der Waals surface area contributed by atoms with E-state index >= 15 is 0 Å². The molecule has 2 heterocycles. The normalized spacial score (nSPS) is 12.1. The minimum Gasteiger partial charge on any atom is -0.471 e. The van der Waals surface area contributed by atoms with E-state index in [4.69, 9.17) is 18.3 Å². The highest BCUT2D eigenvalue weighted by molar-refractivity contribution is 9.10. The van der Waals surface area contributed by atoms with Gasteiger partial charge in [-0.2, -0.15) is 0 Å². The lowest BCUT2D eigenvalue weighted by Gasteiger charge is -2.15. The average molecular weight is 407 g/mol. The Kier molecular flexibility index (Phi) is 4.94. The first kappa shape index (κ1) is 17.3. The molecule has 0 radical (unpaired) electrons. The summed E-state index contributed by atoms with van der Waals surface area (Å²) < 4.78 is 22.3. The van der Waals surface area contributed by atoms with Crippen LogP contribution in [0.1, 0.15) is 13.8 Å². The minimum absolute atomic E-state index is 0.0962. The predicted octanol–water partition coefficient (Wildman–Crippen LogP) is 4.15. The Bertz CT molecular complexity index is 971. The molecule has 0 N–H and O–H groups in total. The molecule has 7 heteroatoms. The van der Waals surface area contributed by atoms with Gasteiger partial charge in [0.2, 0.25) is 16.9 Å². The highest BCUT2D eigenvalue weighted by Gasteiger charge is 2.25. The third-order valence-electron chi connectivity index (χ3n) is 3.47. The largest absolute Gasteiger partial charge is 0.471 e. The van der Waals surface area contributed by atoms with E-state index in [9.17, 15) is 9.59 Å². The van der Waals surface area contributed by atoms with Crippen LogP contribution in [0.3, 0.4) is 0 Å². The van der Waals surface area contributed by atoms with Crippen LogP contribution in [0.5, 0.6) is 5.75 Å². The van der Waals surface area contributed by atoms with Gasteiger partial charge in [-0.1, -0.05) is 12.1 Å². The fourth-order valence-corrected chi connectivity index (χ4v) is 2.62. The molecule has 0 aliphatic rings. The molecule has 0 saturated heterocycles. The number of hydrogen-bond acceptors (Lipinski definition) is 6. The van der Waals surface area contributed by atoms with Crippen LogP contribution in [0.2, 0.25) is 0 Å². The Morgan fingerprint density at radius 1 is 1.20 bits per heavy atom. The van der Waals surface area contributed by atoms with Gasteiger partial charge in [-0.3, -0.25) is 4.79 Å². The first-order valence-electron chi connectivity index (χ1n) is 7.66. The molecular formula is C18H15BrO6. The van der Waals surface area contributed by atoms with Crippen LogP contribution < -0.4 is 10.2 Å². The number of esters is 1. The first-order valence-corrected chi connectivity index (χ1v) is 8.45. The smallest absolute Gasteiger partial charge is 0.347 e. The molecule has 2 aromatic heterocycles. The Balaban J connectivity index is 2.15. The summed E-state index contributed by atoms with van der Waals surface area (Å²) in [7, 11) is 0. The molecule has 0 unspecified atom stereocenters. The van der Waals surface area contributed by atoms with Gasteiger partial charge < -0.3 is 18.3 Å². The molecule has 1 atom stereocenters.